The molecule has 1 heterocycles. The Morgan fingerprint density at radius 3 is 2.59 bits per heavy atom. The molecule has 0 saturated heterocycles. The van der Waals surface area contributed by atoms with Gasteiger partial charge in [-0.2, -0.15) is 11.3 Å². The van der Waals surface area contributed by atoms with E-state index in [9.17, 15) is 4.79 Å². The van der Waals surface area contributed by atoms with Crippen LogP contribution in [0.25, 0.3) is 0 Å². The predicted molar refractivity (Wildman–Crippen MR) is 112 cm³/mol. The summed E-state index contributed by atoms with van der Waals surface area (Å²) in [5, 5.41) is 13.6. The number of methoxy groups -OCH3 is 1. The van der Waals surface area contributed by atoms with Gasteiger partial charge in [0, 0.05) is 19.6 Å². The molecule has 0 fully saturated rings. The second-order valence-corrected chi connectivity index (χ2v) is 6.94. The van der Waals surface area contributed by atoms with E-state index in [0.717, 1.165) is 24.4 Å². The van der Waals surface area contributed by atoms with E-state index in [-0.39, 0.29) is 12.5 Å². The molecule has 146 valence electrons. The lowest BCUT2D eigenvalue weighted by Crippen LogP contribution is -2.40. The van der Waals surface area contributed by atoms with E-state index >= 15 is 0 Å². The highest BCUT2D eigenvalue weighted by atomic mass is 32.1. The van der Waals surface area contributed by atoms with Crippen LogP contribution in [0.4, 0.5) is 0 Å². The van der Waals surface area contributed by atoms with Crippen molar-refractivity contribution in [1.29, 1.82) is 0 Å². The Morgan fingerprint density at radius 2 is 1.96 bits per heavy atom. The highest BCUT2D eigenvalue weighted by Crippen LogP contribution is 2.17. The Balaban J connectivity index is 1.78. The van der Waals surface area contributed by atoms with Crippen molar-refractivity contribution in [1.82, 2.24) is 16.0 Å². The third-order valence-electron chi connectivity index (χ3n) is 4.06. The molecular formula is C20H28N4O2S. The van der Waals surface area contributed by atoms with Gasteiger partial charge >= 0.3 is 0 Å². The monoisotopic (exact) mass is 388 g/mol. The maximum atomic E-state index is 12.1. The zero-order valence-corrected chi connectivity index (χ0v) is 16.9. The number of aliphatic imine (C=N–C) groups is 1. The van der Waals surface area contributed by atoms with Gasteiger partial charge in [0.1, 0.15) is 12.3 Å². The maximum Gasteiger partial charge on any atom is 0.242 e. The minimum Gasteiger partial charge on any atom is -0.497 e. The number of carbonyl (C=O) groups is 1. The van der Waals surface area contributed by atoms with Gasteiger partial charge in [0.05, 0.1) is 7.11 Å². The Labute approximate surface area is 165 Å². The first-order valence-corrected chi connectivity index (χ1v) is 10.0. The highest BCUT2D eigenvalue weighted by molar-refractivity contribution is 7.07. The molecule has 1 aromatic carbocycles. The van der Waals surface area contributed by atoms with E-state index < -0.39 is 0 Å². The summed E-state index contributed by atoms with van der Waals surface area (Å²) < 4.78 is 5.13. The number of hydrogen-bond donors (Lipinski definition) is 3. The normalized spacial score (nSPS) is 12.3. The van der Waals surface area contributed by atoms with Gasteiger partial charge in [-0.3, -0.25) is 4.79 Å². The molecule has 1 aromatic heterocycles. The van der Waals surface area contributed by atoms with Crippen LogP contribution in [0.5, 0.6) is 5.75 Å². The summed E-state index contributed by atoms with van der Waals surface area (Å²) in [6.45, 7) is 6.22. The van der Waals surface area contributed by atoms with Crippen molar-refractivity contribution in [3.63, 3.8) is 0 Å². The minimum absolute atomic E-state index is 0.0817. The van der Waals surface area contributed by atoms with Crippen LogP contribution >= 0.6 is 11.3 Å². The minimum atomic E-state index is -0.117. The molecule has 3 N–H and O–H groups in total. The number of hydrogen-bond acceptors (Lipinski definition) is 4. The fraction of sp³-hybridized carbons (Fsp3) is 0.400. The average Bonchev–Trinajstić information content (AvgIpc) is 3.23. The van der Waals surface area contributed by atoms with E-state index in [0.29, 0.717) is 18.4 Å². The smallest absolute Gasteiger partial charge is 0.242 e. The molecule has 1 unspecified atom stereocenters. The van der Waals surface area contributed by atoms with Crippen LogP contribution in [-0.2, 0) is 11.3 Å². The van der Waals surface area contributed by atoms with Gasteiger partial charge < -0.3 is 20.7 Å². The lowest BCUT2D eigenvalue weighted by Gasteiger charge is -2.15. The molecule has 1 atom stereocenters. The molecule has 27 heavy (non-hydrogen) atoms. The largest absolute Gasteiger partial charge is 0.497 e. The number of benzene rings is 1. The van der Waals surface area contributed by atoms with E-state index in [2.05, 4.69) is 44.7 Å². The zero-order valence-electron chi connectivity index (χ0n) is 16.1. The van der Waals surface area contributed by atoms with Crippen molar-refractivity contribution in [2.45, 2.75) is 26.3 Å². The van der Waals surface area contributed by atoms with Crippen LogP contribution in [0, 0.1) is 0 Å². The Bertz CT molecular complexity index is 714. The number of nitrogens with zero attached hydrogens (tertiary/aromatic N) is 1. The van der Waals surface area contributed by atoms with Gasteiger partial charge in [-0.15, -0.1) is 0 Å². The number of carbonyl (C=O) groups excluding carboxylic acids is 1. The molecule has 0 saturated carbocycles. The predicted octanol–water partition coefficient (Wildman–Crippen LogP) is 2.73. The Morgan fingerprint density at radius 1 is 1.19 bits per heavy atom. The third-order valence-corrected chi connectivity index (χ3v) is 4.76. The van der Waals surface area contributed by atoms with E-state index in [4.69, 9.17) is 4.74 Å². The topological polar surface area (TPSA) is 74.8 Å². The molecule has 2 rings (SSSR count). The van der Waals surface area contributed by atoms with Crippen LogP contribution in [0.15, 0.2) is 46.1 Å². The van der Waals surface area contributed by atoms with Crippen LogP contribution in [0.3, 0.4) is 0 Å². The number of amides is 1. The molecular weight excluding hydrogens is 360 g/mol. The quantitative estimate of drug-likeness (QED) is 0.456. The fourth-order valence-electron chi connectivity index (χ4n) is 2.42. The molecule has 0 bridgehead atoms. The van der Waals surface area contributed by atoms with Gasteiger partial charge in [-0.1, -0.05) is 19.1 Å². The molecule has 0 aliphatic carbocycles. The Hall–Kier alpha value is -2.54. The number of guanidine groups is 1. The number of nitrogens with one attached hydrogen (secondary N) is 3. The van der Waals surface area contributed by atoms with Crippen LogP contribution in [0.2, 0.25) is 0 Å². The molecule has 1 amide bonds. The number of thiophene rings is 1. The van der Waals surface area contributed by atoms with Gasteiger partial charge in [0.15, 0.2) is 5.96 Å². The molecule has 0 spiro atoms. The molecule has 0 aliphatic rings. The third kappa shape index (κ3) is 7.30. The van der Waals surface area contributed by atoms with E-state index in [1.54, 1.807) is 18.4 Å². The van der Waals surface area contributed by atoms with Crippen molar-refractivity contribution >= 4 is 23.2 Å². The van der Waals surface area contributed by atoms with E-state index in [1.807, 2.05) is 31.2 Å². The summed E-state index contributed by atoms with van der Waals surface area (Å²) in [5.74, 6) is 1.71. The molecule has 0 aliphatic heterocycles. The Kier molecular flexibility index (Phi) is 8.64. The first-order valence-electron chi connectivity index (χ1n) is 9.06. The van der Waals surface area contributed by atoms with Crippen LogP contribution in [0.1, 0.15) is 30.9 Å². The van der Waals surface area contributed by atoms with Gasteiger partial charge in [0.25, 0.3) is 0 Å². The summed E-state index contributed by atoms with van der Waals surface area (Å²) in [6.07, 6.45) is 0. The van der Waals surface area contributed by atoms with Crippen LogP contribution in [-0.4, -0.2) is 38.6 Å². The summed E-state index contributed by atoms with van der Waals surface area (Å²) in [7, 11) is 1.63. The van der Waals surface area contributed by atoms with Crippen molar-refractivity contribution in [2.24, 2.45) is 4.99 Å². The average molecular weight is 389 g/mol. The summed E-state index contributed by atoms with van der Waals surface area (Å²) >= 11 is 1.70. The van der Waals surface area contributed by atoms with E-state index in [1.165, 1.54) is 5.56 Å². The first-order chi connectivity index (χ1) is 13.1. The molecule has 0 radical (unpaired) electrons. The maximum absolute atomic E-state index is 12.1. The van der Waals surface area contributed by atoms with Crippen molar-refractivity contribution in [3.8, 4) is 5.75 Å². The van der Waals surface area contributed by atoms with Crippen molar-refractivity contribution < 1.29 is 9.53 Å². The number of rotatable bonds is 9. The number of ether oxygens (including phenoxy) is 1. The van der Waals surface area contributed by atoms with Gasteiger partial charge in [0.2, 0.25) is 5.91 Å². The summed E-state index contributed by atoms with van der Waals surface area (Å²) in [4.78, 5) is 16.4. The molecule has 6 nitrogen and oxygen atoms in total. The summed E-state index contributed by atoms with van der Waals surface area (Å²) in [5.41, 5.74) is 2.32. The standard InChI is InChI=1S/C20H28N4O2S/c1-4-21-20(23-11-15(2)17-9-10-27-14-17)24-13-19(25)22-12-16-5-7-18(26-3)8-6-16/h5-10,14-15H,4,11-13H2,1-3H3,(H,22,25)(H2,21,23,24). The fourth-order valence-corrected chi connectivity index (χ4v) is 3.20. The first kappa shape index (κ1) is 20.8. The summed E-state index contributed by atoms with van der Waals surface area (Å²) in [6, 6.07) is 9.75. The lowest BCUT2D eigenvalue weighted by atomic mass is 10.1. The lowest BCUT2D eigenvalue weighted by molar-refractivity contribution is -0.119. The van der Waals surface area contributed by atoms with Crippen LogP contribution < -0.4 is 20.7 Å². The second kappa shape index (κ2) is 11.2. The van der Waals surface area contributed by atoms with Gasteiger partial charge in [-0.25, -0.2) is 4.99 Å². The zero-order chi connectivity index (χ0) is 19.5. The highest BCUT2D eigenvalue weighted by Gasteiger charge is 2.08. The second-order valence-electron chi connectivity index (χ2n) is 6.16. The van der Waals surface area contributed by atoms with Crippen molar-refractivity contribution in [3.05, 3.63) is 52.2 Å². The molecule has 7 heteroatoms. The molecule has 2 aromatic rings. The van der Waals surface area contributed by atoms with Crippen molar-refractivity contribution in [2.75, 3.05) is 26.7 Å². The van der Waals surface area contributed by atoms with Gasteiger partial charge in [-0.05, 0) is 52.9 Å². The SMILES string of the molecule is CCNC(=NCC(=O)NCc1ccc(OC)cc1)NCC(C)c1ccsc1.